The van der Waals surface area contributed by atoms with E-state index in [0.717, 1.165) is 34.9 Å². The van der Waals surface area contributed by atoms with Gasteiger partial charge in [0.05, 0.1) is 37.7 Å². The molecule has 0 fully saturated rings. The Morgan fingerprint density at radius 3 is 1.16 bits per heavy atom. The fourth-order valence-corrected chi connectivity index (χ4v) is 3.94. The van der Waals surface area contributed by atoms with E-state index in [1.165, 1.54) is 61.3 Å². The molecule has 0 spiro atoms. The zero-order valence-electron chi connectivity index (χ0n) is 32.5. The standard InChI is InChI=1S/2C11H9F2N.3C6H5NO2.Ir/c2*12-9-3-4-10(11(13)6-9)8-2-1-5-14-7-8;3*8-6(9)5-3-1-2-4-7-5;/h2*1-6,14H,7H2;3*1-4H,(H,8,9);/q;;;;;+3/p-3/i2*7D;;;;/hD2. The van der Waals surface area contributed by atoms with Crippen LogP contribution < -0.4 is 25.9 Å². The molecule has 2 atom stereocenters. The van der Waals surface area contributed by atoms with Crippen LogP contribution in [0, 0.1) is 23.3 Å². The minimum atomic E-state index is -1.24. The maximum absolute atomic E-state index is 13.5. The Balaban J connectivity index is 0.000000265. The summed E-state index contributed by atoms with van der Waals surface area (Å²) in [5, 5.41) is 31.9. The number of benzene rings is 2. The molecule has 0 aliphatic carbocycles. The summed E-state index contributed by atoms with van der Waals surface area (Å²) in [4.78, 5) is 40.6. The van der Waals surface area contributed by atoms with Gasteiger partial charge in [0.2, 0.25) is 0 Å². The first-order valence-corrected chi connectivity index (χ1v) is 15.5. The van der Waals surface area contributed by atoms with Crippen LogP contribution in [0.5, 0.6) is 0 Å². The molecule has 3 aromatic heterocycles. The van der Waals surface area contributed by atoms with Gasteiger partial charge in [-0.15, -0.1) is 0 Å². The molecule has 288 valence electrons. The molecule has 0 saturated carbocycles. The van der Waals surface area contributed by atoms with E-state index < -0.39 is 54.2 Å². The van der Waals surface area contributed by atoms with Crippen LogP contribution in [-0.4, -0.2) is 45.9 Å². The van der Waals surface area contributed by atoms with Crippen LogP contribution in [0.25, 0.3) is 11.1 Å². The first kappa shape index (κ1) is 38.9. The predicted octanol–water partition coefficient (Wildman–Crippen LogP) is 3.26. The van der Waals surface area contributed by atoms with Crippen molar-refractivity contribution in [1.82, 2.24) is 25.6 Å². The third-order valence-electron chi connectivity index (χ3n) is 6.43. The number of hydrogen-bond donors (Lipinski definition) is 2. The third-order valence-corrected chi connectivity index (χ3v) is 6.43. The van der Waals surface area contributed by atoms with Crippen molar-refractivity contribution in [2.45, 2.75) is 0 Å². The Bertz CT molecular complexity index is 2110. The zero-order valence-corrected chi connectivity index (χ0v) is 30.9. The van der Waals surface area contributed by atoms with Crippen LogP contribution in [0.15, 0.2) is 146 Å². The van der Waals surface area contributed by atoms with Gasteiger partial charge in [-0.2, -0.15) is 0 Å². The van der Waals surface area contributed by atoms with Gasteiger partial charge in [0.25, 0.3) is 0 Å². The summed E-state index contributed by atoms with van der Waals surface area (Å²) in [7, 11) is 0. The number of carboxylic acids is 3. The SMILES string of the molecule is O=C([O-])c1ccccn1.O=C([O-])c1ccccn1.O=C([O-])c1ccccn1.[2H]C1C(c2ccc(F)cc2F)=CC=CN1[2H].[2H]C1C(c2ccc(F)cc2F)=CC=CN1[2H].[Ir+3]. The number of nitrogens with zero attached hydrogens (tertiary/aromatic N) is 3. The number of aromatic nitrogens is 3. The Morgan fingerprint density at radius 2 is 0.911 bits per heavy atom. The fraction of sp³-hybridized carbons (Fsp3) is 0.0500. The van der Waals surface area contributed by atoms with Gasteiger partial charge in [-0.3, -0.25) is 15.0 Å². The minimum absolute atomic E-state index is 0. The molecule has 2 aliphatic rings. The maximum Gasteiger partial charge on any atom is 3.00 e. The van der Waals surface area contributed by atoms with Crippen molar-refractivity contribution in [3.8, 4) is 0 Å². The molecule has 2 N–H and O–H groups in total. The number of nitrogens with one attached hydrogen (secondary N) is 2. The Kier molecular flexibility index (Phi) is 17.1. The third kappa shape index (κ3) is 16.1. The van der Waals surface area contributed by atoms with Gasteiger partial charge in [0.15, 0.2) is 2.82 Å². The second kappa shape index (κ2) is 24.5. The first-order valence-electron chi connectivity index (χ1n) is 17.6. The van der Waals surface area contributed by atoms with Crippen molar-refractivity contribution < 1.29 is 72.9 Å². The number of pyridine rings is 3. The molecule has 5 aromatic rings. The Morgan fingerprint density at radius 1 is 0.571 bits per heavy atom. The molecule has 0 saturated heterocycles. The van der Waals surface area contributed by atoms with Crippen LogP contribution in [0.4, 0.5) is 17.6 Å². The summed E-state index contributed by atoms with van der Waals surface area (Å²) in [6.07, 6.45) is 13.2. The number of hydrogen-bond acceptors (Lipinski definition) is 11. The van der Waals surface area contributed by atoms with E-state index in [2.05, 4.69) is 15.0 Å². The van der Waals surface area contributed by atoms with Crippen LogP contribution in [-0.2, 0) is 20.1 Å². The number of dihydropyridines is 2. The number of rotatable bonds is 5. The van der Waals surface area contributed by atoms with Gasteiger partial charge in [-0.25, -0.2) is 17.6 Å². The molecular formula is C40H30F4IrN5O6. The van der Waals surface area contributed by atoms with Crippen molar-refractivity contribution in [1.29, 1.82) is 0 Å². The Labute approximate surface area is 337 Å². The number of carbonyl (C=O) groups excluding carboxylic acids is 3. The molecule has 0 amide bonds. The van der Waals surface area contributed by atoms with E-state index in [0.29, 0.717) is 11.1 Å². The number of aromatic carboxylic acids is 3. The molecule has 7 rings (SSSR count). The molecule has 2 unspecified atom stereocenters. The van der Waals surface area contributed by atoms with E-state index in [-0.39, 0.29) is 48.3 Å². The van der Waals surface area contributed by atoms with Crippen LogP contribution >= 0.6 is 0 Å². The van der Waals surface area contributed by atoms with Gasteiger partial charge in [-0.1, -0.05) is 30.4 Å². The normalized spacial score (nSPS) is 15.7. The van der Waals surface area contributed by atoms with Crippen molar-refractivity contribution in [2.75, 3.05) is 13.0 Å². The zero-order chi connectivity index (χ0) is 43.5. The average Bonchev–Trinajstić information content (AvgIpc) is 3.22. The number of carboxylic acid groups (broad SMARTS) is 3. The summed E-state index contributed by atoms with van der Waals surface area (Å²) in [5.41, 5.74) is 0.906. The molecule has 2 aliphatic heterocycles. The van der Waals surface area contributed by atoms with Crippen molar-refractivity contribution in [3.05, 3.63) is 198 Å². The molecule has 0 radical (unpaired) electrons. The van der Waals surface area contributed by atoms with Gasteiger partial charge in [0, 0.05) is 54.9 Å². The molecule has 16 heteroatoms. The van der Waals surface area contributed by atoms with Crippen LogP contribution in [0.3, 0.4) is 0 Å². The molecule has 2 aromatic carbocycles. The summed E-state index contributed by atoms with van der Waals surface area (Å²) in [6.45, 7) is -1.99. The average molecular weight is 949 g/mol. The summed E-state index contributed by atoms with van der Waals surface area (Å²) < 4.78 is 82.5. The van der Waals surface area contributed by atoms with Crippen LogP contribution in [0.1, 0.15) is 45.3 Å². The van der Waals surface area contributed by atoms with Gasteiger partial charge in [-0.05, 0) is 96.4 Å². The molecule has 0 bridgehead atoms. The predicted molar refractivity (Wildman–Crippen MR) is 189 cm³/mol. The second-order valence-corrected chi connectivity index (χ2v) is 10.2. The topological polar surface area (TPSA) is 183 Å². The number of halogens is 4. The smallest absolute Gasteiger partial charge is 0.543 e. The summed E-state index contributed by atoms with van der Waals surface area (Å²) >= 11 is 0. The van der Waals surface area contributed by atoms with E-state index in [1.807, 2.05) is 0 Å². The van der Waals surface area contributed by atoms with Gasteiger partial charge in [0.1, 0.15) is 23.3 Å². The van der Waals surface area contributed by atoms with Crippen molar-refractivity contribution in [3.63, 3.8) is 0 Å². The van der Waals surface area contributed by atoms with E-state index in [1.54, 1.807) is 60.7 Å². The first-order chi connectivity index (χ1) is 28.1. The summed E-state index contributed by atoms with van der Waals surface area (Å²) in [5.74, 6) is -6.46. The summed E-state index contributed by atoms with van der Waals surface area (Å²) in [6, 6.07) is 20.3. The fourth-order valence-electron chi connectivity index (χ4n) is 3.94. The minimum Gasteiger partial charge on any atom is -0.543 e. The largest absolute Gasteiger partial charge is 3.00 e. The Hall–Kier alpha value is -6.77. The number of allylic oxidation sites excluding steroid dienone is 4. The van der Waals surface area contributed by atoms with E-state index >= 15 is 0 Å². The molecule has 11 nitrogen and oxygen atoms in total. The van der Waals surface area contributed by atoms with Crippen molar-refractivity contribution in [2.24, 2.45) is 0 Å². The quantitative estimate of drug-likeness (QED) is 0.247. The molecular weight excluding hydrogens is 915 g/mol. The van der Waals surface area contributed by atoms with Gasteiger partial charge >= 0.3 is 20.1 Å². The molecule has 56 heavy (non-hydrogen) atoms. The van der Waals surface area contributed by atoms with E-state index in [4.69, 9.17) is 5.57 Å². The second-order valence-electron chi connectivity index (χ2n) is 10.2. The van der Waals surface area contributed by atoms with E-state index in [9.17, 15) is 47.3 Å². The van der Waals surface area contributed by atoms with Crippen molar-refractivity contribution >= 4 is 29.1 Å². The van der Waals surface area contributed by atoms with Crippen LogP contribution in [0.2, 0.25) is 2.82 Å². The maximum atomic E-state index is 13.5. The molecule has 5 heterocycles. The monoisotopic (exact) mass is 949 g/mol. The van der Waals surface area contributed by atoms with Gasteiger partial charge < -0.3 is 40.3 Å². The number of carbonyl (C=O) groups is 3.